The standard InChI is InChI=1S/C28H29FN2O4/c1-35-22-10-11-26-24(16-22)23(27(32)17-30-26)9-3-7-20-12-14-31(18-25(20)28(33)34)13-4-6-19-5-2-8-21(29)15-19/h2,5,8,10-11,15-17,20,25,32H,3,7,9,12-14,18H2,1H3,(H,33,34)/t20-,25+/m1/s1. The van der Waals surface area contributed by atoms with Crippen molar-refractivity contribution in [3.05, 3.63) is 65.6 Å². The molecule has 2 heterocycles. The molecular weight excluding hydrogens is 447 g/mol. The Kier molecular flexibility index (Phi) is 7.84. The maximum atomic E-state index is 13.3. The van der Waals surface area contributed by atoms with Crippen LogP contribution in [-0.2, 0) is 11.2 Å². The normalized spacial score (nSPS) is 18.1. The molecule has 0 bridgehead atoms. The summed E-state index contributed by atoms with van der Waals surface area (Å²) in [5.74, 6) is 5.31. The number of benzene rings is 2. The van der Waals surface area contributed by atoms with Crippen molar-refractivity contribution in [3.8, 4) is 23.3 Å². The van der Waals surface area contributed by atoms with Crippen LogP contribution >= 0.6 is 0 Å². The van der Waals surface area contributed by atoms with E-state index < -0.39 is 11.9 Å². The topological polar surface area (TPSA) is 82.9 Å². The summed E-state index contributed by atoms with van der Waals surface area (Å²) in [6, 6.07) is 11.7. The number of aromatic hydroxyl groups is 1. The molecule has 7 heteroatoms. The number of fused-ring (bicyclic) bond motifs is 1. The summed E-state index contributed by atoms with van der Waals surface area (Å²) in [7, 11) is 1.60. The highest BCUT2D eigenvalue weighted by atomic mass is 19.1. The summed E-state index contributed by atoms with van der Waals surface area (Å²) in [6.45, 7) is 1.66. The number of likely N-dealkylation sites (tertiary alicyclic amines) is 1. The molecule has 1 fully saturated rings. The maximum absolute atomic E-state index is 13.3. The van der Waals surface area contributed by atoms with Crippen molar-refractivity contribution in [2.75, 3.05) is 26.7 Å². The lowest BCUT2D eigenvalue weighted by molar-refractivity contribution is -0.146. The molecule has 1 aliphatic heterocycles. The molecule has 6 nitrogen and oxygen atoms in total. The molecule has 1 aliphatic rings. The van der Waals surface area contributed by atoms with Crippen LogP contribution in [0.1, 0.15) is 30.4 Å². The summed E-state index contributed by atoms with van der Waals surface area (Å²) in [6.07, 6.45) is 4.39. The smallest absolute Gasteiger partial charge is 0.308 e. The first kappa shape index (κ1) is 24.5. The third-order valence-corrected chi connectivity index (χ3v) is 6.68. The number of hydrogen-bond donors (Lipinski definition) is 2. The number of halogens is 1. The van der Waals surface area contributed by atoms with Gasteiger partial charge in [0.15, 0.2) is 0 Å². The number of rotatable bonds is 7. The van der Waals surface area contributed by atoms with Crippen molar-refractivity contribution in [2.24, 2.45) is 11.8 Å². The zero-order valence-corrected chi connectivity index (χ0v) is 19.7. The number of carboxylic acids is 1. The van der Waals surface area contributed by atoms with Crippen LogP contribution in [0.15, 0.2) is 48.7 Å². The number of pyridine rings is 1. The van der Waals surface area contributed by atoms with E-state index in [2.05, 4.69) is 21.7 Å². The number of hydrogen-bond acceptors (Lipinski definition) is 5. The number of aryl methyl sites for hydroxylation is 1. The SMILES string of the molecule is COc1ccc2ncc(O)c(CCC[C@@H]3CCN(CC#Cc4cccc(F)c4)C[C@@H]3C(=O)O)c2c1. The van der Waals surface area contributed by atoms with Gasteiger partial charge >= 0.3 is 5.97 Å². The number of carboxylic acid groups (broad SMARTS) is 1. The zero-order chi connectivity index (χ0) is 24.8. The van der Waals surface area contributed by atoms with Crippen LogP contribution in [0.3, 0.4) is 0 Å². The van der Waals surface area contributed by atoms with Gasteiger partial charge in [-0.05, 0) is 74.5 Å². The van der Waals surface area contributed by atoms with Crippen LogP contribution in [0.25, 0.3) is 10.9 Å². The van der Waals surface area contributed by atoms with Crippen molar-refractivity contribution in [1.29, 1.82) is 0 Å². The van der Waals surface area contributed by atoms with E-state index in [4.69, 9.17) is 4.74 Å². The molecule has 35 heavy (non-hydrogen) atoms. The second kappa shape index (κ2) is 11.2. The number of methoxy groups -OCH3 is 1. The Morgan fingerprint density at radius 2 is 2.14 bits per heavy atom. The summed E-state index contributed by atoms with van der Waals surface area (Å²) in [5.41, 5.74) is 2.21. The van der Waals surface area contributed by atoms with Gasteiger partial charge in [0.1, 0.15) is 17.3 Å². The Morgan fingerprint density at radius 3 is 2.91 bits per heavy atom. The van der Waals surface area contributed by atoms with Gasteiger partial charge in [-0.25, -0.2) is 4.39 Å². The molecule has 2 atom stereocenters. The van der Waals surface area contributed by atoms with Gasteiger partial charge in [0.25, 0.3) is 0 Å². The monoisotopic (exact) mass is 476 g/mol. The molecule has 2 aromatic carbocycles. The van der Waals surface area contributed by atoms with E-state index in [-0.39, 0.29) is 17.5 Å². The van der Waals surface area contributed by atoms with E-state index in [9.17, 15) is 19.4 Å². The highest BCUT2D eigenvalue weighted by Gasteiger charge is 2.33. The summed E-state index contributed by atoms with van der Waals surface area (Å²) in [4.78, 5) is 18.3. The van der Waals surface area contributed by atoms with Crippen molar-refractivity contribution in [3.63, 3.8) is 0 Å². The first-order valence-electron chi connectivity index (χ1n) is 11.8. The predicted molar refractivity (Wildman–Crippen MR) is 132 cm³/mol. The van der Waals surface area contributed by atoms with E-state index in [1.807, 2.05) is 18.2 Å². The molecule has 1 saturated heterocycles. The van der Waals surface area contributed by atoms with Crippen molar-refractivity contribution in [2.45, 2.75) is 25.7 Å². The lowest BCUT2D eigenvalue weighted by Gasteiger charge is -2.35. The second-order valence-corrected chi connectivity index (χ2v) is 8.94. The fraction of sp³-hybridized carbons (Fsp3) is 0.357. The lowest BCUT2D eigenvalue weighted by Crippen LogP contribution is -2.44. The van der Waals surface area contributed by atoms with E-state index in [0.29, 0.717) is 30.8 Å². The maximum Gasteiger partial charge on any atom is 0.308 e. The molecule has 2 N–H and O–H groups in total. The average molecular weight is 477 g/mol. The molecule has 0 unspecified atom stereocenters. The highest BCUT2D eigenvalue weighted by Crippen LogP contribution is 2.32. The van der Waals surface area contributed by atoms with Gasteiger partial charge in [0.2, 0.25) is 0 Å². The highest BCUT2D eigenvalue weighted by molar-refractivity contribution is 5.85. The fourth-order valence-electron chi connectivity index (χ4n) is 4.80. The predicted octanol–water partition coefficient (Wildman–Crippen LogP) is 4.49. The molecule has 3 aromatic rings. The molecule has 0 radical (unpaired) electrons. The molecule has 0 amide bonds. The zero-order valence-electron chi connectivity index (χ0n) is 19.7. The van der Waals surface area contributed by atoms with Crippen LogP contribution in [0.2, 0.25) is 0 Å². The molecule has 4 rings (SSSR count). The first-order chi connectivity index (χ1) is 16.9. The van der Waals surface area contributed by atoms with Crippen LogP contribution < -0.4 is 4.74 Å². The minimum absolute atomic E-state index is 0.0599. The Morgan fingerprint density at radius 1 is 1.29 bits per heavy atom. The Labute approximate surface area is 204 Å². The van der Waals surface area contributed by atoms with Crippen LogP contribution in [0.5, 0.6) is 11.5 Å². The Balaban J connectivity index is 1.36. The van der Waals surface area contributed by atoms with Gasteiger partial charge in [0.05, 0.1) is 31.3 Å². The number of piperidine rings is 1. The van der Waals surface area contributed by atoms with Gasteiger partial charge in [0, 0.05) is 23.1 Å². The summed E-state index contributed by atoms with van der Waals surface area (Å²) in [5, 5.41) is 21.1. The van der Waals surface area contributed by atoms with E-state index in [1.54, 1.807) is 19.2 Å². The van der Waals surface area contributed by atoms with Gasteiger partial charge < -0.3 is 14.9 Å². The minimum atomic E-state index is -0.792. The summed E-state index contributed by atoms with van der Waals surface area (Å²) >= 11 is 0. The van der Waals surface area contributed by atoms with Gasteiger partial charge in [-0.2, -0.15) is 0 Å². The van der Waals surface area contributed by atoms with E-state index in [0.717, 1.165) is 42.3 Å². The molecule has 0 saturated carbocycles. The molecular formula is C28H29FN2O4. The third-order valence-electron chi connectivity index (χ3n) is 6.68. The van der Waals surface area contributed by atoms with Crippen LogP contribution in [-0.4, -0.2) is 52.8 Å². The average Bonchev–Trinajstić information content (AvgIpc) is 2.85. The number of aliphatic carboxylic acids is 1. The van der Waals surface area contributed by atoms with Crippen molar-refractivity contribution >= 4 is 16.9 Å². The van der Waals surface area contributed by atoms with E-state index >= 15 is 0 Å². The Bertz CT molecular complexity index is 1270. The van der Waals surface area contributed by atoms with Crippen molar-refractivity contribution in [1.82, 2.24) is 9.88 Å². The quantitative estimate of drug-likeness (QED) is 0.489. The lowest BCUT2D eigenvalue weighted by atomic mass is 9.81. The second-order valence-electron chi connectivity index (χ2n) is 8.94. The number of aromatic nitrogens is 1. The third kappa shape index (κ3) is 6.09. The molecule has 0 spiro atoms. The van der Waals surface area contributed by atoms with Crippen LogP contribution in [0, 0.1) is 29.5 Å². The molecule has 1 aromatic heterocycles. The first-order valence-corrected chi connectivity index (χ1v) is 11.8. The van der Waals surface area contributed by atoms with E-state index in [1.165, 1.54) is 18.3 Å². The largest absolute Gasteiger partial charge is 0.506 e. The van der Waals surface area contributed by atoms with Crippen LogP contribution in [0.4, 0.5) is 4.39 Å². The van der Waals surface area contributed by atoms with Gasteiger partial charge in [-0.15, -0.1) is 0 Å². The van der Waals surface area contributed by atoms with Gasteiger partial charge in [-0.3, -0.25) is 14.7 Å². The van der Waals surface area contributed by atoms with Crippen molar-refractivity contribution < 1.29 is 24.1 Å². The fourth-order valence-corrected chi connectivity index (χ4v) is 4.80. The van der Waals surface area contributed by atoms with Gasteiger partial charge in [-0.1, -0.05) is 17.9 Å². The number of carbonyl (C=O) groups is 1. The Hall–Kier alpha value is -3.63. The molecule has 0 aliphatic carbocycles. The molecule has 182 valence electrons. The number of ether oxygens (including phenoxy) is 1. The number of nitrogens with zero attached hydrogens (tertiary/aromatic N) is 2. The summed E-state index contributed by atoms with van der Waals surface area (Å²) < 4.78 is 18.6. The minimum Gasteiger partial charge on any atom is -0.506 e.